The van der Waals surface area contributed by atoms with E-state index in [1.807, 2.05) is 6.92 Å². The van der Waals surface area contributed by atoms with E-state index in [0.717, 1.165) is 11.3 Å². The number of hydrogen-bond donors (Lipinski definition) is 3. The van der Waals surface area contributed by atoms with Crippen LogP contribution < -0.4 is 5.32 Å². The molecule has 0 aliphatic rings. The van der Waals surface area contributed by atoms with Gasteiger partial charge in [0.1, 0.15) is 0 Å². The van der Waals surface area contributed by atoms with Crippen LogP contribution in [0.3, 0.4) is 0 Å². The molecular formula is C13H18BrNO4. The first-order valence-electron chi connectivity index (χ1n) is 5.99. The van der Waals surface area contributed by atoms with Crippen molar-refractivity contribution in [2.24, 2.45) is 0 Å². The molecule has 0 aliphatic carbocycles. The molecule has 0 radical (unpaired) electrons. The number of carbonyl (C=O) groups excluding carboxylic acids is 1. The second-order valence-corrected chi connectivity index (χ2v) is 4.94. The predicted octanol–water partition coefficient (Wildman–Crippen LogP) is 1.70. The minimum absolute atomic E-state index is 0.231. The quantitative estimate of drug-likeness (QED) is 0.691. The van der Waals surface area contributed by atoms with Gasteiger partial charge in [0, 0.05) is 11.0 Å². The van der Waals surface area contributed by atoms with E-state index >= 15 is 0 Å². The average molecular weight is 332 g/mol. The van der Waals surface area contributed by atoms with Crippen molar-refractivity contribution in [2.75, 3.05) is 25.1 Å². The lowest BCUT2D eigenvalue weighted by Gasteiger charge is -2.15. The maximum Gasteiger partial charge on any atom is 0.338 e. The zero-order valence-electron chi connectivity index (χ0n) is 10.9. The van der Waals surface area contributed by atoms with Gasteiger partial charge in [-0.05, 0) is 47.5 Å². The van der Waals surface area contributed by atoms with Gasteiger partial charge in [-0.2, -0.15) is 0 Å². The minimum atomic E-state index is -0.823. The Labute approximate surface area is 120 Å². The van der Waals surface area contributed by atoms with Gasteiger partial charge in [-0.1, -0.05) is 0 Å². The van der Waals surface area contributed by atoms with Crippen molar-refractivity contribution in [1.82, 2.24) is 0 Å². The van der Waals surface area contributed by atoms with Crippen LogP contribution in [0, 0.1) is 6.92 Å². The van der Waals surface area contributed by atoms with Gasteiger partial charge in [-0.25, -0.2) is 4.79 Å². The highest BCUT2D eigenvalue weighted by molar-refractivity contribution is 9.10. The lowest BCUT2D eigenvalue weighted by Crippen LogP contribution is -2.23. The molecule has 0 fully saturated rings. The Morgan fingerprint density at radius 2 is 2.21 bits per heavy atom. The van der Waals surface area contributed by atoms with Crippen LogP contribution in [0.15, 0.2) is 16.6 Å². The molecule has 0 aliphatic heterocycles. The Bertz CT molecular complexity index is 427. The molecule has 0 spiro atoms. The molecule has 6 heteroatoms. The Morgan fingerprint density at radius 3 is 2.74 bits per heavy atom. The molecule has 1 aromatic rings. The smallest absolute Gasteiger partial charge is 0.338 e. The van der Waals surface area contributed by atoms with Crippen LogP contribution in [0.1, 0.15) is 22.8 Å². The van der Waals surface area contributed by atoms with Crippen molar-refractivity contribution in [3.05, 3.63) is 27.7 Å². The van der Waals surface area contributed by atoms with Gasteiger partial charge in [0.05, 0.1) is 30.6 Å². The summed E-state index contributed by atoms with van der Waals surface area (Å²) in [6, 6.07) is 3.38. The SMILES string of the molecule is CCOC(=O)c1cc(C)c(NCC(O)CO)c(Br)c1. The number of aliphatic hydroxyl groups is 2. The maximum atomic E-state index is 11.6. The molecule has 0 saturated heterocycles. The number of nitrogens with one attached hydrogen (secondary N) is 1. The molecule has 1 aromatic carbocycles. The number of hydrogen-bond acceptors (Lipinski definition) is 5. The fraction of sp³-hybridized carbons (Fsp3) is 0.462. The molecule has 0 bridgehead atoms. The van der Waals surface area contributed by atoms with Crippen LogP contribution in [0.25, 0.3) is 0 Å². The second kappa shape index (κ2) is 7.47. The first-order valence-corrected chi connectivity index (χ1v) is 6.79. The van der Waals surface area contributed by atoms with Gasteiger partial charge in [0.15, 0.2) is 0 Å². The molecule has 106 valence electrons. The molecule has 0 heterocycles. The molecule has 0 aromatic heterocycles. The van der Waals surface area contributed by atoms with E-state index < -0.39 is 6.10 Å². The van der Waals surface area contributed by atoms with Crippen molar-refractivity contribution >= 4 is 27.6 Å². The molecule has 19 heavy (non-hydrogen) atoms. The van der Waals surface area contributed by atoms with Gasteiger partial charge in [-0.3, -0.25) is 0 Å². The summed E-state index contributed by atoms with van der Waals surface area (Å²) in [4.78, 5) is 11.6. The summed E-state index contributed by atoms with van der Waals surface area (Å²) >= 11 is 3.38. The molecule has 0 saturated carbocycles. The molecule has 3 N–H and O–H groups in total. The molecule has 1 unspecified atom stereocenters. The lowest BCUT2D eigenvalue weighted by atomic mass is 10.1. The number of esters is 1. The highest BCUT2D eigenvalue weighted by Crippen LogP contribution is 2.28. The third kappa shape index (κ3) is 4.49. The number of carbonyl (C=O) groups is 1. The third-order valence-corrected chi connectivity index (χ3v) is 3.15. The van der Waals surface area contributed by atoms with Crippen molar-refractivity contribution in [1.29, 1.82) is 0 Å². The van der Waals surface area contributed by atoms with Gasteiger partial charge < -0.3 is 20.3 Å². The van der Waals surface area contributed by atoms with Crippen LogP contribution in [-0.4, -0.2) is 42.0 Å². The monoisotopic (exact) mass is 331 g/mol. The Morgan fingerprint density at radius 1 is 1.53 bits per heavy atom. The van der Waals surface area contributed by atoms with Crippen molar-refractivity contribution in [2.45, 2.75) is 20.0 Å². The summed E-state index contributed by atoms with van der Waals surface area (Å²) in [7, 11) is 0. The van der Waals surface area contributed by atoms with Crippen LogP contribution in [-0.2, 0) is 4.74 Å². The number of halogens is 1. The summed E-state index contributed by atoms with van der Waals surface area (Å²) in [6.45, 7) is 3.87. The lowest BCUT2D eigenvalue weighted by molar-refractivity contribution is 0.0526. The summed E-state index contributed by atoms with van der Waals surface area (Å²) in [5, 5.41) is 21.1. The highest BCUT2D eigenvalue weighted by Gasteiger charge is 2.13. The highest BCUT2D eigenvalue weighted by atomic mass is 79.9. The Hall–Kier alpha value is -1.11. The van der Waals surface area contributed by atoms with E-state index in [-0.39, 0.29) is 19.1 Å². The first-order chi connectivity index (χ1) is 8.99. The first kappa shape index (κ1) is 15.9. The average Bonchev–Trinajstić information content (AvgIpc) is 2.37. The van der Waals surface area contributed by atoms with E-state index in [9.17, 15) is 9.90 Å². The Kier molecular flexibility index (Phi) is 6.27. The largest absolute Gasteiger partial charge is 0.462 e. The van der Waals surface area contributed by atoms with Crippen LogP contribution >= 0.6 is 15.9 Å². The number of aliphatic hydroxyl groups excluding tert-OH is 2. The summed E-state index contributed by atoms with van der Waals surface area (Å²) in [5.41, 5.74) is 2.10. The molecule has 1 rings (SSSR count). The summed E-state index contributed by atoms with van der Waals surface area (Å²) in [6.07, 6.45) is -0.823. The van der Waals surface area contributed by atoms with E-state index in [1.54, 1.807) is 19.1 Å². The van der Waals surface area contributed by atoms with Gasteiger partial charge >= 0.3 is 5.97 Å². The van der Waals surface area contributed by atoms with E-state index in [1.165, 1.54) is 0 Å². The van der Waals surface area contributed by atoms with Gasteiger partial charge in [0.25, 0.3) is 0 Å². The van der Waals surface area contributed by atoms with E-state index in [0.29, 0.717) is 16.6 Å². The Balaban J connectivity index is 2.88. The van der Waals surface area contributed by atoms with Gasteiger partial charge in [-0.15, -0.1) is 0 Å². The van der Waals surface area contributed by atoms with Crippen molar-refractivity contribution in [3.63, 3.8) is 0 Å². The van der Waals surface area contributed by atoms with E-state index in [4.69, 9.17) is 9.84 Å². The predicted molar refractivity (Wildman–Crippen MR) is 76.4 cm³/mol. The number of anilines is 1. The molecule has 0 amide bonds. The zero-order chi connectivity index (χ0) is 14.4. The fourth-order valence-corrected chi connectivity index (χ4v) is 2.28. The molecule has 1 atom stereocenters. The topological polar surface area (TPSA) is 78.8 Å². The standard InChI is InChI=1S/C13H18BrNO4/c1-3-19-13(18)9-4-8(2)12(11(14)5-9)15-6-10(17)7-16/h4-5,10,15-17H,3,6-7H2,1-2H3. The second-order valence-electron chi connectivity index (χ2n) is 4.09. The van der Waals surface area contributed by atoms with E-state index in [2.05, 4.69) is 21.2 Å². The summed E-state index contributed by atoms with van der Waals surface area (Å²) < 4.78 is 5.65. The van der Waals surface area contributed by atoms with Gasteiger partial charge in [0.2, 0.25) is 0 Å². The number of rotatable bonds is 6. The normalized spacial score (nSPS) is 12.1. The zero-order valence-corrected chi connectivity index (χ0v) is 12.5. The van der Waals surface area contributed by atoms with Crippen LogP contribution in [0.2, 0.25) is 0 Å². The number of ether oxygens (including phenoxy) is 1. The summed E-state index contributed by atoms with van der Waals surface area (Å²) in [5.74, 6) is -0.367. The number of aryl methyl sites for hydroxylation is 1. The third-order valence-electron chi connectivity index (χ3n) is 2.52. The van der Waals surface area contributed by atoms with Crippen molar-refractivity contribution < 1.29 is 19.7 Å². The number of benzene rings is 1. The molecular weight excluding hydrogens is 314 g/mol. The fourth-order valence-electron chi connectivity index (χ4n) is 1.58. The van der Waals surface area contributed by atoms with Crippen LogP contribution in [0.4, 0.5) is 5.69 Å². The van der Waals surface area contributed by atoms with Crippen molar-refractivity contribution in [3.8, 4) is 0 Å². The maximum absolute atomic E-state index is 11.6. The van der Waals surface area contributed by atoms with Crippen LogP contribution in [0.5, 0.6) is 0 Å². The molecule has 5 nitrogen and oxygen atoms in total. The minimum Gasteiger partial charge on any atom is -0.462 e.